The van der Waals surface area contributed by atoms with Crippen molar-refractivity contribution in [1.29, 1.82) is 0 Å². The summed E-state index contributed by atoms with van der Waals surface area (Å²) in [5.74, 6) is 0.980. The summed E-state index contributed by atoms with van der Waals surface area (Å²) in [6.07, 6.45) is 1.88. The predicted octanol–water partition coefficient (Wildman–Crippen LogP) is 1.82. The largest absolute Gasteiger partial charge is 0.352 e. The summed E-state index contributed by atoms with van der Waals surface area (Å²) in [6, 6.07) is 8.98. The maximum atomic E-state index is 4.70. The van der Waals surface area contributed by atoms with E-state index in [0.717, 1.165) is 29.9 Å². The van der Waals surface area contributed by atoms with Gasteiger partial charge in [-0.1, -0.05) is 12.1 Å². The van der Waals surface area contributed by atoms with Crippen molar-refractivity contribution >= 4 is 16.9 Å². The summed E-state index contributed by atoms with van der Waals surface area (Å²) in [7, 11) is 0. The van der Waals surface area contributed by atoms with Gasteiger partial charge in [-0.3, -0.25) is 4.98 Å². The quantitative estimate of drug-likeness (QED) is 0.828. The van der Waals surface area contributed by atoms with E-state index in [2.05, 4.69) is 29.0 Å². The number of rotatable bonds is 1. The topological polar surface area (TPSA) is 41.1 Å². The molecule has 2 atom stereocenters. The first kappa shape index (κ1) is 11.4. The Kier molecular flexibility index (Phi) is 2.88. The van der Waals surface area contributed by atoms with Crippen LogP contribution in [0.5, 0.6) is 0 Å². The lowest BCUT2D eigenvalue weighted by Gasteiger charge is -2.36. The second kappa shape index (κ2) is 4.53. The zero-order valence-corrected chi connectivity index (χ0v) is 10.8. The van der Waals surface area contributed by atoms with E-state index in [9.17, 15) is 0 Å². The number of piperazine rings is 1. The summed E-state index contributed by atoms with van der Waals surface area (Å²) in [5, 5.41) is 3.53. The number of benzene rings is 1. The van der Waals surface area contributed by atoms with E-state index in [4.69, 9.17) is 4.98 Å². The smallest absolute Gasteiger partial charge is 0.147 e. The third kappa shape index (κ3) is 2.16. The molecule has 0 amide bonds. The third-order valence-electron chi connectivity index (χ3n) is 3.32. The summed E-state index contributed by atoms with van der Waals surface area (Å²) >= 11 is 0. The van der Waals surface area contributed by atoms with Crippen LogP contribution in [0.3, 0.4) is 0 Å². The molecule has 2 aromatic rings. The van der Waals surface area contributed by atoms with Crippen molar-refractivity contribution in [3.63, 3.8) is 0 Å². The molecule has 1 aromatic heterocycles. The highest BCUT2D eigenvalue weighted by molar-refractivity contribution is 5.75. The predicted molar refractivity (Wildman–Crippen MR) is 73.8 cm³/mol. The molecule has 0 unspecified atom stereocenters. The molecule has 0 saturated carbocycles. The molecule has 1 aliphatic rings. The Labute approximate surface area is 107 Å². The van der Waals surface area contributed by atoms with Crippen LogP contribution in [0, 0.1) is 0 Å². The lowest BCUT2D eigenvalue weighted by molar-refractivity contribution is 0.405. The molecule has 1 aliphatic heterocycles. The minimum atomic E-state index is 0.488. The molecule has 3 rings (SSSR count). The highest BCUT2D eigenvalue weighted by Crippen LogP contribution is 2.17. The van der Waals surface area contributed by atoms with Crippen LogP contribution in [0.1, 0.15) is 13.8 Å². The number of nitrogens with one attached hydrogen (secondary N) is 1. The van der Waals surface area contributed by atoms with Crippen molar-refractivity contribution < 1.29 is 0 Å². The van der Waals surface area contributed by atoms with Crippen LogP contribution in [0.4, 0.5) is 5.82 Å². The molecule has 4 heteroatoms. The van der Waals surface area contributed by atoms with Crippen molar-refractivity contribution in [2.24, 2.45) is 0 Å². The summed E-state index contributed by atoms with van der Waals surface area (Å²) in [6.45, 7) is 6.38. The SMILES string of the molecule is C[C@@H]1CN(c2cnc3ccccc3n2)C[C@H](C)N1. The molecule has 0 bridgehead atoms. The monoisotopic (exact) mass is 242 g/mol. The molecule has 1 aromatic carbocycles. The number of hydrogen-bond acceptors (Lipinski definition) is 4. The van der Waals surface area contributed by atoms with Gasteiger partial charge in [-0.05, 0) is 26.0 Å². The fourth-order valence-electron chi connectivity index (χ4n) is 2.61. The number of hydrogen-bond donors (Lipinski definition) is 1. The number of para-hydroxylation sites is 2. The van der Waals surface area contributed by atoms with Crippen molar-refractivity contribution in [3.8, 4) is 0 Å². The van der Waals surface area contributed by atoms with Gasteiger partial charge in [-0.15, -0.1) is 0 Å². The summed E-state index contributed by atoms with van der Waals surface area (Å²) in [5.41, 5.74) is 1.92. The van der Waals surface area contributed by atoms with E-state index in [1.807, 2.05) is 30.5 Å². The van der Waals surface area contributed by atoms with Crippen molar-refractivity contribution in [3.05, 3.63) is 30.5 Å². The Morgan fingerprint density at radius 1 is 1.11 bits per heavy atom. The molecule has 1 fully saturated rings. The summed E-state index contributed by atoms with van der Waals surface area (Å²) in [4.78, 5) is 11.5. The van der Waals surface area contributed by atoms with Crippen LogP contribution in [-0.2, 0) is 0 Å². The van der Waals surface area contributed by atoms with E-state index >= 15 is 0 Å². The molecule has 94 valence electrons. The number of anilines is 1. The van der Waals surface area contributed by atoms with Gasteiger partial charge in [0.1, 0.15) is 5.82 Å². The van der Waals surface area contributed by atoms with Gasteiger partial charge < -0.3 is 10.2 Å². The zero-order valence-electron chi connectivity index (χ0n) is 10.8. The second-order valence-corrected chi connectivity index (χ2v) is 5.09. The third-order valence-corrected chi connectivity index (χ3v) is 3.32. The average Bonchev–Trinajstić information content (AvgIpc) is 2.37. The Morgan fingerprint density at radius 2 is 1.78 bits per heavy atom. The van der Waals surface area contributed by atoms with Gasteiger partial charge in [0.2, 0.25) is 0 Å². The van der Waals surface area contributed by atoms with Gasteiger partial charge in [0.05, 0.1) is 17.2 Å². The van der Waals surface area contributed by atoms with E-state index in [0.29, 0.717) is 12.1 Å². The number of nitrogens with zero attached hydrogens (tertiary/aromatic N) is 3. The van der Waals surface area contributed by atoms with Crippen molar-refractivity contribution in [1.82, 2.24) is 15.3 Å². The lowest BCUT2D eigenvalue weighted by Crippen LogP contribution is -2.54. The van der Waals surface area contributed by atoms with Crippen LogP contribution in [0.25, 0.3) is 11.0 Å². The Morgan fingerprint density at radius 3 is 2.50 bits per heavy atom. The molecule has 2 heterocycles. The first-order valence-electron chi connectivity index (χ1n) is 6.45. The maximum absolute atomic E-state index is 4.70. The minimum Gasteiger partial charge on any atom is -0.352 e. The van der Waals surface area contributed by atoms with Gasteiger partial charge in [-0.25, -0.2) is 4.98 Å². The van der Waals surface area contributed by atoms with Gasteiger partial charge in [-0.2, -0.15) is 0 Å². The van der Waals surface area contributed by atoms with E-state index in [-0.39, 0.29) is 0 Å². The highest BCUT2D eigenvalue weighted by Gasteiger charge is 2.22. The molecular formula is C14H18N4. The van der Waals surface area contributed by atoms with Crippen LogP contribution in [-0.4, -0.2) is 35.1 Å². The number of fused-ring (bicyclic) bond motifs is 1. The highest BCUT2D eigenvalue weighted by atomic mass is 15.3. The molecule has 1 N–H and O–H groups in total. The molecule has 1 saturated heterocycles. The van der Waals surface area contributed by atoms with Crippen molar-refractivity contribution in [2.45, 2.75) is 25.9 Å². The first-order valence-corrected chi connectivity index (χ1v) is 6.45. The lowest BCUT2D eigenvalue weighted by atomic mass is 10.1. The molecule has 0 radical (unpaired) electrons. The molecule has 0 spiro atoms. The van der Waals surface area contributed by atoms with Crippen LogP contribution in [0.15, 0.2) is 30.5 Å². The normalized spacial score (nSPS) is 24.4. The standard InChI is InChI=1S/C14H18N4/c1-10-8-18(9-11(2)16-10)14-7-15-12-5-3-4-6-13(12)17-14/h3-7,10-11,16H,8-9H2,1-2H3/t10-,11+. The van der Waals surface area contributed by atoms with E-state index in [1.54, 1.807) is 0 Å². The van der Waals surface area contributed by atoms with Gasteiger partial charge >= 0.3 is 0 Å². The van der Waals surface area contributed by atoms with Crippen LogP contribution < -0.4 is 10.2 Å². The molecular weight excluding hydrogens is 224 g/mol. The first-order chi connectivity index (χ1) is 8.72. The van der Waals surface area contributed by atoms with Gasteiger partial charge in [0, 0.05) is 25.2 Å². The zero-order chi connectivity index (χ0) is 12.5. The van der Waals surface area contributed by atoms with E-state index < -0.39 is 0 Å². The molecule has 4 nitrogen and oxygen atoms in total. The molecule has 18 heavy (non-hydrogen) atoms. The van der Waals surface area contributed by atoms with Crippen LogP contribution >= 0.6 is 0 Å². The summed E-state index contributed by atoms with van der Waals surface area (Å²) < 4.78 is 0. The maximum Gasteiger partial charge on any atom is 0.147 e. The van der Waals surface area contributed by atoms with Gasteiger partial charge in [0.15, 0.2) is 0 Å². The second-order valence-electron chi connectivity index (χ2n) is 5.09. The van der Waals surface area contributed by atoms with Crippen molar-refractivity contribution in [2.75, 3.05) is 18.0 Å². The van der Waals surface area contributed by atoms with Gasteiger partial charge in [0.25, 0.3) is 0 Å². The Hall–Kier alpha value is -1.68. The molecule has 0 aliphatic carbocycles. The van der Waals surface area contributed by atoms with Crippen LogP contribution in [0.2, 0.25) is 0 Å². The van der Waals surface area contributed by atoms with E-state index in [1.165, 1.54) is 0 Å². The fourth-order valence-corrected chi connectivity index (χ4v) is 2.61. The average molecular weight is 242 g/mol. The Bertz CT molecular complexity index is 544. The Balaban J connectivity index is 1.93. The minimum absolute atomic E-state index is 0.488. The number of aromatic nitrogens is 2. The fraction of sp³-hybridized carbons (Fsp3) is 0.429.